The molecule has 0 spiro atoms. The summed E-state index contributed by atoms with van der Waals surface area (Å²) < 4.78 is 2.23. The monoisotopic (exact) mass is 206 g/mol. The van der Waals surface area contributed by atoms with Gasteiger partial charge >= 0.3 is 0 Å². The number of hydrogen-bond acceptors (Lipinski definition) is 1. The third-order valence-corrected chi connectivity index (χ3v) is 3.09. The fourth-order valence-electron chi connectivity index (χ4n) is 2.15. The Bertz CT molecular complexity index is 340. The van der Waals surface area contributed by atoms with E-state index in [1.165, 1.54) is 30.5 Å². The molecule has 2 heteroatoms. The van der Waals surface area contributed by atoms with E-state index >= 15 is 0 Å². The highest BCUT2D eigenvalue weighted by molar-refractivity contribution is 5.31. The van der Waals surface area contributed by atoms with Crippen LogP contribution in [0.15, 0.2) is 6.20 Å². The Kier molecular flexibility index (Phi) is 2.61. The molecule has 1 aromatic rings. The van der Waals surface area contributed by atoms with Crippen molar-refractivity contribution in [3.05, 3.63) is 17.5 Å². The van der Waals surface area contributed by atoms with Gasteiger partial charge in [-0.15, -0.1) is 0 Å². The van der Waals surface area contributed by atoms with Crippen molar-refractivity contribution < 1.29 is 0 Å². The van der Waals surface area contributed by atoms with Crippen molar-refractivity contribution in [3.63, 3.8) is 0 Å². The molecule has 84 valence electrons. The van der Waals surface area contributed by atoms with Gasteiger partial charge < -0.3 is 0 Å². The second kappa shape index (κ2) is 3.66. The summed E-state index contributed by atoms with van der Waals surface area (Å²) in [5.41, 5.74) is 3.21. The molecule has 0 N–H and O–H groups in total. The van der Waals surface area contributed by atoms with Crippen LogP contribution in [-0.2, 0) is 12.0 Å². The van der Waals surface area contributed by atoms with E-state index in [9.17, 15) is 0 Å². The molecular formula is C13H22N2. The van der Waals surface area contributed by atoms with Crippen molar-refractivity contribution in [2.75, 3.05) is 0 Å². The number of rotatable bonds is 3. The van der Waals surface area contributed by atoms with Crippen LogP contribution in [0.4, 0.5) is 0 Å². The minimum absolute atomic E-state index is 0.240. The molecule has 2 nitrogen and oxygen atoms in total. The number of nitrogens with zero attached hydrogens (tertiary/aromatic N) is 2. The molecule has 1 aromatic heterocycles. The first-order valence-corrected chi connectivity index (χ1v) is 6.10. The normalized spacial score (nSPS) is 17.1. The average molecular weight is 206 g/mol. The Morgan fingerprint density at radius 1 is 1.40 bits per heavy atom. The van der Waals surface area contributed by atoms with Crippen LogP contribution in [0, 0.1) is 0 Å². The summed E-state index contributed by atoms with van der Waals surface area (Å²) in [5, 5.41) is 4.55. The standard InChI is InChI=1S/C13H22N2/c1-5-8-15-12(10-6-7-10)11(9-14-15)13(2,3)4/h9-10H,5-8H2,1-4H3. The summed E-state index contributed by atoms with van der Waals surface area (Å²) in [5.74, 6) is 0.799. The quantitative estimate of drug-likeness (QED) is 0.740. The van der Waals surface area contributed by atoms with Gasteiger partial charge in [0, 0.05) is 18.2 Å². The fraction of sp³-hybridized carbons (Fsp3) is 0.769. The summed E-state index contributed by atoms with van der Waals surface area (Å²) in [6, 6.07) is 0. The Morgan fingerprint density at radius 3 is 2.53 bits per heavy atom. The van der Waals surface area contributed by atoms with Crippen molar-refractivity contribution in [3.8, 4) is 0 Å². The van der Waals surface area contributed by atoms with Crippen molar-refractivity contribution in [2.24, 2.45) is 0 Å². The van der Waals surface area contributed by atoms with Crippen molar-refractivity contribution >= 4 is 0 Å². The smallest absolute Gasteiger partial charge is 0.0530 e. The predicted octanol–water partition coefficient (Wildman–Crippen LogP) is 3.47. The highest BCUT2D eigenvalue weighted by Crippen LogP contribution is 2.44. The molecule has 0 atom stereocenters. The molecule has 0 bridgehead atoms. The molecule has 0 aliphatic heterocycles. The minimum atomic E-state index is 0.240. The van der Waals surface area contributed by atoms with Gasteiger partial charge in [0.05, 0.1) is 6.20 Å². The molecule has 0 saturated heterocycles. The molecule has 1 aliphatic carbocycles. The minimum Gasteiger partial charge on any atom is -0.269 e. The maximum absolute atomic E-state index is 4.55. The SMILES string of the molecule is CCCn1ncc(C(C)(C)C)c1C1CC1. The van der Waals surface area contributed by atoms with Crippen LogP contribution in [0.3, 0.4) is 0 Å². The number of aryl methyl sites for hydroxylation is 1. The van der Waals surface area contributed by atoms with Gasteiger partial charge in [0.1, 0.15) is 0 Å². The highest BCUT2D eigenvalue weighted by Gasteiger charge is 2.33. The van der Waals surface area contributed by atoms with Crippen LogP contribution >= 0.6 is 0 Å². The van der Waals surface area contributed by atoms with Crippen LogP contribution in [-0.4, -0.2) is 9.78 Å². The Balaban J connectivity index is 2.38. The lowest BCUT2D eigenvalue weighted by Gasteiger charge is -2.19. The van der Waals surface area contributed by atoms with Crippen molar-refractivity contribution in [1.29, 1.82) is 0 Å². The molecule has 0 amide bonds. The third-order valence-electron chi connectivity index (χ3n) is 3.09. The Morgan fingerprint density at radius 2 is 2.07 bits per heavy atom. The van der Waals surface area contributed by atoms with Crippen LogP contribution < -0.4 is 0 Å². The zero-order chi connectivity index (χ0) is 11.1. The van der Waals surface area contributed by atoms with E-state index < -0.39 is 0 Å². The summed E-state index contributed by atoms with van der Waals surface area (Å²) in [6.45, 7) is 10.1. The molecule has 0 unspecified atom stereocenters. The predicted molar refractivity (Wildman–Crippen MR) is 63.2 cm³/mol. The van der Waals surface area contributed by atoms with E-state index in [1.807, 2.05) is 0 Å². The number of hydrogen-bond donors (Lipinski definition) is 0. The second-order valence-corrected chi connectivity index (χ2v) is 5.69. The summed E-state index contributed by atoms with van der Waals surface area (Å²) in [6.07, 6.45) is 5.98. The largest absolute Gasteiger partial charge is 0.269 e. The molecule has 0 radical (unpaired) electrons. The second-order valence-electron chi connectivity index (χ2n) is 5.69. The molecule has 2 rings (SSSR count). The zero-order valence-corrected chi connectivity index (χ0v) is 10.4. The van der Waals surface area contributed by atoms with E-state index in [0.29, 0.717) is 0 Å². The zero-order valence-electron chi connectivity index (χ0n) is 10.4. The van der Waals surface area contributed by atoms with Gasteiger partial charge in [-0.3, -0.25) is 4.68 Å². The molecule has 1 heterocycles. The first-order chi connectivity index (χ1) is 7.04. The van der Waals surface area contributed by atoms with E-state index in [0.717, 1.165) is 12.5 Å². The average Bonchev–Trinajstić information content (AvgIpc) is 2.87. The summed E-state index contributed by atoms with van der Waals surface area (Å²) in [4.78, 5) is 0. The Labute approximate surface area is 92.7 Å². The first kappa shape index (κ1) is 10.7. The highest BCUT2D eigenvalue weighted by atomic mass is 15.3. The maximum atomic E-state index is 4.55. The van der Waals surface area contributed by atoms with Gasteiger partial charge in [-0.2, -0.15) is 5.10 Å². The van der Waals surface area contributed by atoms with Crippen LogP contribution in [0.5, 0.6) is 0 Å². The van der Waals surface area contributed by atoms with Gasteiger partial charge in [0.15, 0.2) is 0 Å². The first-order valence-electron chi connectivity index (χ1n) is 6.10. The molecule has 1 aliphatic rings. The topological polar surface area (TPSA) is 17.8 Å². The van der Waals surface area contributed by atoms with Crippen molar-refractivity contribution in [1.82, 2.24) is 9.78 Å². The number of aromatic nitrogens is 2. The van der Waals surface area contributed by atoms with E-state index in [2.05, 4.69) is 43.7 Å². The molecule has 0 aromatic carbocycles. The van der Waals surface area contributed by atoms with Gasteiger partial charge in [-0.05, 0) is 30.2 Å². The maximum Gasteiger partial charge on any atom is 0.0530 e. The van der Waals surface area contributed by atoms with E-state index in [4.69, 9.17) is 0 Å². The molecule has 1 fully saturated rings. The fourth-order valence-corrected chi connectivity index (χ4v) is 2.15. The lowest BCUT2D eigenvalue weighted by atomic mass is 9.86. The third kappa shape index (κ3) is 2.09. The van der Waals surface area contributed by atoms with Crippen LogP contribution in [0.1, 0.15) is 64.1 Å². The lowest BCUT2D eigenvalue weighted by molar-refractivity contribution is 0.551. The van der Waals surface area contributed by atoms with Gasteiger partial charge in [-0.25, -0.2) is 0 Å². The van der Waals surface area contributed by atoms with E-state index in [1.54, 1.807) is 0 Å². The van der Waals surface area contributed by atoms with Crippen molar-refractivity contribution in [2.45, 2.75) is 64.8 Å². The van der Waals surface area contributed by atoms with Gasteiger partial charge in [-0.1, -0.05) is 27.7 Å². The molecule has 15 heavy (non-hydrogen) atoms. The summed E-state index contributed by atoms with van der Waals surface area (Å²) >= 11 is 0. The summed E-state index contributed by atoms with van der Waals surface area (Å²) in [7, 11) is 0. The van der Waals surface area contributed by atoms with Crippen LogP contribution in [0.2, 0.25) is 0 Å². The van der Waals surface area contributed by atoms with Gasteiger partial charge in [0.2, 0.25) is 0 Å². The Hall–Kier alpha value is -0.790. The molecule has 1 saturated carbocycles. The molecular weight excluding hydrogens is 184 g/mol. The van der Waals surface area contributed by atoms with Crippen LogP contribution in [0.25, 0.3) is 0 Å². The lowest BCUT2D eigenvalue weighted by Crippen LogP contribution is -2.14. The van der Waals surface area contributed by atoms with Gasteiger partial charge in [0.25, 0.3) is 0 Å². The van der Waals surface area contributed by atoms with E-state index in [-0.39, 0.29) is 5.41 Å².